The van der Waals surface area contributed by atoms with Gasteiger partial charge in [-0.25, -0.2) is 4.79 Å². The summed E-state index contributed by atoms with van der Waals surface area (Å²) < 4.78 is 0. The summed E-state index contributed by atoms with van der Waals surface area (Å²) in [7, 11) is 0. The number of carbonyl (C=O) groups excluding carboxylic acids is 2. The molecule has 1 heterocycles. The van der Waals surface area contributed by atoms with Gasteiger partial charge < -0.3 is 47.8 Å². The highest BCUT2D eigenvalue weighted by molar-refractivity contribution is 5.87. The first-order chi connectivity index (χ1) is 16.5. The van der Waals surface area contributed by atoms with Crippen LogP contribution >= 0.6 is 0 Å². The second-order valence-electron chi connectivity index (χ2n) is 8.21. The van der Waals surface area contributed by atoms with Crippen molar-refractivity contribution in [2.24, 2.45) is 11.5 Å². The van der Waals surface area contributed by atoms with Crippen LogP contribution < -0.4 is 27.4 Å². The van der Waals surface area contributed by atoms with Gasteiger partial charge in [-0.2, -0.15) is 0 Å². The lowest BCUT2D eigenvalue weighted by atomic mass is 10.0. The first-order valence-electron chi connectivity index (χ1n) is 11.0. The van der Waals surface area contributed by atoms with Gasteiger partial charge in [0, 0.05) is 19.5 Å². The van der Waals surface area contributed by atoms with Crippen molar-refractivity contribution in [2.75, 3.05) is 13.1 Å². The molecule has 4 unspecified atom stereocenters. The van der Waals surface area contributed by atoms with Crippen LogP contribution in [-0.2, 0) is 14.4 Å². The lowest BCUT2D eigenvalue weighted by Crippen LogP contribution is -2.45. The number of aliphatic hydroxyl groups is 1. The fraction of sp³-hybridized carbons (Fsp3) is 0.455. The predicted octanol–water partition coefficient (Wildman–Crippen LogP) is -1.46. The summed E-state index contributed by atoms with van der Waals surface area (Å²) in [6.07, 6.45) is 1.17. The summed E-state index contributed by atoms with van der Waals surface area (Å²) in [6.45, 7) is 0.804. The standard InChI is InChI=1S/C22H32N6O7/c23-13(9-11-6-8-26-17(11)20(24)25)21(33)27-7-2-1-3-16(31)28-18(22(34)35)19(32)12-4-5-14(29)15(30)10-12/h4-6,10,13,17-19,26,29-30,32H,1-3,7-9,23H2,(H3,24,25)(H,27,33)(H,28,31)(H,34,35). The largest absolute Gasteiger partial charge is 0.504 e. The molecule has 1 aromatic carbocycles. The van der Waals surface area contributed by atoms with Gasteiger partial charge in [-0.15, -0.1) is 0 Å². The van der Waals surface area contributed by atoms with Gasteiger partial charge >= 0.3 is 5.97 Å². The number of phenols is 2. The number of hydrogen-bond donors (Lipinski definition) is 10. The van der Waals surface area contributed by atoms with Crippen molar-refractivity contribution in [2.45, 2.75) is 49.9 Å². The number of rotatable bonds is 13. The third-order valence-electron chi connectivity index (χ3n) is 5.53. The topological polar surface area (TPSA) is 244 Å². The number of aliphatic hydroxyl groups excluding tert-OH is 1. The van der Waals surface area contributed by atoms with E-state index < -0.39 is 47.6 Å². The quantitative estimate of drug-likeness (QED) is 0.0504. The van der Waals surface area contributed by atoms with Gasteiger partial charge in [0.2, 0.25) is 11.8 Å². The fourth-order valence-electron chi connectivity index (χ4n) is 3.61. The summed E-state index contributed by atoms with van der Waals surface area (Å²) in [4.78, 5) is 35.9. The number of nitrogens with one attached hydrogen (secondary N) is 4. The van der Waals surface area contributed by atoms with Crippen LogP contribution in [0.5, 0.6) is 11.5 Å². The first kappa shape index (κ1) is 27.6. The summed E-state index contributed by atoms with van der Waals surface area (Å²) >= 11 is 0. The van der Waals surface area contributed by atoms with E-state index in [4.69, 9.17) is 16.9 Å². The molecule has 0 saturated carbocycles. The van der Waals surface area contributed by atoms with E-state index in [-0.39, 0.29) is 36.7 Å². The van der Waals surface area contributed by atoms with Gasteiger partial charge in [0.25, 0.3) is 0 Å². The Morgan fingerprint density at radius 1 is 1.20 bits per heavy atom. The summed E-state index contributed by atoms with van der Waals surface area (Å²) in [5.41, 5.74) is 12.2. The van der Waals surface area contributed by atoms with Gasteiger partial charge in [0.1, 0.15) is 11.9 Å². The molecule has 0 saturated heterocycles. The Morgan fingerprint density at radius 2 is 1.91 bits per heavy atom. The van der Waals surface area contributed by atoms with Crippen LogP contribution in [0.15, 0.2) is 29.8 Å². The van der Waals surface area contributed by atoms with Crippen molar-refractivity contribution >= 4 is 23.6 Å². The minimum Gasteiger partial charge on any atom is -0.504 e. The number of aliphatic carboxylic acids is 1. The van der Waals surface area contributed by atoms with E-state index in [2.05, 4.69) is 16.0 Å². The van der Waals surface area contributed by atoms with Gasteiger partial charge in [0.05, 0.1) is 12.1 Å². The molecule has 12 N–H and O–H groups in total. The fourth-order valence-corrected chi connectivity index (χ4v) is 3.61. The Bertz CT molecular complexity index is 983. The number of amides is 2. The second kappa shape index (κ2) is 12.7. The molecule has 0 radical (unpaired) electrons. The molecule has 0 spiro atoms. The van der Waals surface area contributed by atoms with E-state index >= 15 is 0 Å². The molecule has 4 atom stereocenters. The van der Waals surface area contributed by atoms with Gasteiger partial charge in [-0.1, -0.05) is 12.1 Å². The maximum absolute atomic E-state index is 12.2. The molecule has 1 aliphatic rings. The average Bonchev–Trinajstić information content (AvgIpc) is 3.26. The Kier molecular flexibility index (Phi) is 9.99. The lowest BCUT2D eigenvalue weighted by Gasteiger charge is -2.21. The molecule has 2 amide bonds. The predicted molar refractivity (Wildman–Crippen MR) is 126 cm³/mol. The number of carboxylic acid groups (broad SMARTS) is 1. The van der Waals surface area contributed by atoms with E-state index in [1.54, 1.807) is 0 Å². The smallest absolute Gasteiger partial charge is 0.329 e. The van der Waals surface area contributed by atoms with Crippen molar-refractivity contribution < 1.29 is 34.8 Å². The zero-order valence-electron chi connectivity index (χ0n) is 19.0. The maximum atomic E-state index is 12.2. The van der Waals surface area contributed by atoms with Crippen LogP contribution in [0.25, 0.3) is 0 Å². The normalized spacial score (nSPS) is 17.7. The maximum Gasteiger partial charge on any atom is 0.329 e. The Hall–Kier alpha value is -3.68. The number of benzene rings is 1. The van der Waals surface area contributed by atoms with Crippen LogP contribution in [0.2, 0.25) is 0 Å². The average molecular weight is 493 g/mol. The van der Waals surface area contributed by atoms with E-state index in [0.717, 1.165) is 17.7 Å². The monoisotopic (exact) mass is 492 g/mol. The summed E-state index contributed by atoms with van der Waals surface area (Å²) in [6, 6.07) is 0.439. The molecule has 13 nitrogen and oxygen atoms in total. The highest BCUT2D eigenvalue weighted by Gasteiger charge is 2.30. The zero-order valence-corrected chi connectivity index (χ0v) is 19.0. The van der Waals surface area contributed by atoms with E-state index in [1.807, 2.05) is 6.08 Å². The third-order valence-corrected chi connectivity index (χ3v) is 5.53. The van der Waals surface area contributed by atoms with Gasteiger partial charge in [0.15, 0.2) is 17.5 Å². The van der Waals surface area contributed by atoms with Crippen LogP contribution in [0.4, 0.5) is 0 Å². The highest BCUT2D eigenvalue weighted by Crippen LogP contribution is 2.29. The molecule has 192 valence electrons. The molecule has 35 heavy (non-hydrogen) atoms. The minimum absolute atomic E-state index is 0.00539. The molecular weight excluding hydrogens is 460 g/mol. The van der Waals surface area contributed by atoms with Crippen LogP contribution in [0, 0.1) is 5.41 Å². The second-order valence-corrected chi connectivity index (χ2v) is 8.21. The van der Waals surface area contributed by atoms with Crippen molar-refractivity contribution in [1.82, 2.24) is 16.0 Å². The Morgan fingerprint density at radius 3 is 2.54 bits per heavy atom. The number of phenolic OH excluding ortho intramolecular Hbond substituents is 2. The summed E-state index contributed by atoms with van der Waals surface area (Å²) in [5.74, 6) is -3.47. The number of unbranched alkanes of at least 4 members (excludes halogenated alkanes) is 1. The molecule has 2 rings (SSSR count). The highest BCUT2D eigenvalue weighted by atomic mass is 16.4. The number of carboxylic acids is 1. The van der Waals surface area contributed by atoms with Crippen LogP contribution in [0.3, 0.4) is 0 Å². The molecule has 0 aliphatic carbocycles. The molecule has 0 bridgehead atoms. The Balaban J connectivity index is 1.73. The molecular formula is C22H32N6O7. The summed E-state index contributed by atoms with van der Waals surface area (Å²) in [5, 5.41) is 54.1. The number of hydrogen-bond acceptors (Lipinski definition) is 9. The molecule has 1 aromatic rings. The van der Waals surface area contributed by atoms with Crippen molar-refractivity contribution in [3.05, 3.63) is 35.4 Å². The van der Waals surface area contributed by atoms with Gasteiger partial charge in [-0.05, 0) is 42.5 Å². The first-order valence-corrected chi connectivity index (χ1v) is 11.0. The van der Waals surface area contributed by atoms with Crippen molar-refractivity contribution in [3.63, 3.8) is 0 Å². The van der Waals surface area contributed by atoms with Gasteiger partial charge in [-0.3, -0.25) is 15.0 Å². The number of amidine groups is 1. The molecule has 13 heteroatoms. The van der Waals surface area contributed by atoms with Crippen LogP contribution in [-0.4, -0.2) is 75.3 Å². The Labute approximate surface area is 201 Å². The van der Waals surface area contributed by atoms with E-state index in [0.29, 0.717) is 19.4 Å². The van der Waals surface area contributed by atoms with E-state index in [9.17, 15) is 34.8 Å². The lowest BCUT2D eigenvalue weighted by molar-refractivity contribution is -0.145. The number of aromatic hydroxyl groups is 2. The van der Waals surface area contributed by atoms with Crippen LogP contribution in [0.1, 0.15) is 37.4 Å². The number of nitrogens with two attached hydrogens (primary N) is 2. The van der Waals surface area contributed by atoms with Crippen molar-refractivity contribution in [1.29, 1.82) is 5.41 Å². The van der Waals surface area contributed by atoms with Crippen molar-refractivity contribution in [3.8, 4) is 11.5 Å². The van der Waals surface area contributed by atoms with E-state index in [1.165, 1.54) is 6.07 Å². The minimum atomic E-state index is -1.66. The third kappa shape index (κ3) is 7.95. The SMILES string of the molecule is N=C(N)C1NCC=C1CC(N)C(=O)NCCCCC(=O)NC(C(=O)O)C(O)c1ccc(O)c(O)c1. The molecule has 1 aliphatic heterocycles. The number of carbonyl (C=O) groups is 3. The molecule has 0 fully saturated rings. The molecule has 0 aromatic heterocycles. The zero-order chi connectivity index (χ0) is 26.1.